The molecule has 0 amide bonds. The molecule has 2 rings (SSSR count). The lowest BCUT2D eigenvalue weighted by Gasteiger charge is -2.06. The number of nitrogens with zero attached hydrogens (tertiary/aromatic N) is 2. The van der Waals surface area contributed by atoms with Crippen molar-refractivity contribution < 1.29 is 9.53 Å². The molecule has 0 fully saturated rings. The molecule has 0 saturated heterocycles. The van der Waals surface area contributed by atoms with Crippen molar-refractivity contribution in [1.29, 1.82) is 0 Å². The highest BCUT2D eigenvalue weighted by Crippen LogP contribution is 2.08. The molecule has 106 valence electrons. The van der Waals surface area contributed by atoms with Gasteiger partial charge in [0.1, 0.15) is 0 Å². The molecule has 0 bridgehead atoms. The van der Waals surface area contributed by atoms with Gasteiger partial charge in [0.2, 0.25) is 0 Å². The molecule has 0 saturated carbocycles. The van der Waals surface area contributed by atoms with Gasteiger partial charge in [0.15, 0.2) is 0 Å². The lowest BCUT2D eigenvalue weighted by atomic mass is 10.1. The number of carbonyl (C=O) groups excluding carboxylic acids is 1. The van der Waals surface area contributed by atoms with Crippen LogP contribution in [0.5, 0.6) is 0 Å². The van der Waals surface area contributed by atoms with Gasteiger partial charge in [0, 0.05) is 18.9 Å². The average Bonchev–Trinajstić information content (AvgIpc) is 2.94. The average molecular weight is 272 g/mol. The Bertz CT molecular complexity index is 518. The summed E-state index contributed by atoms with van der Waals surface area (Å²) in [6.45, 7) is 3.39. The molecular formula is C16H20N2O2. The predicted octanol–water partition coefficient (Wildman–Crippen LogP) is 2.82. The van der Waals surface area contributed by atoms with E-state index in [-0.39, 0.29) is 5.97 Å². The van der Waals surface area contributed by atoms with Crippen LogP contribution in [0.3, 0.4) is 0 Å². The van der Waals surface area contributed by atoms with Crippen molar-refractivity contribution in [3.8, 4) is 0 Å². The van der Waals surface area contributed by atoms with Crippen molar-refractivity contribution in [1.82, 2.24) is 9.55 Å². The summed E-state index contributed by atoms with van der Waals surface area (Å²) >= 11 is 0. The smallest absolute Gasteiger partial charge is 0.310 e. The minimum atomic E-state index is -0.152. The summed E-state index contributed by atoms with van der Waals surface area (Å²) in [5.41, 5.74) is 2.17. The molecule has 0 atom stereocenters. The molecule has 0 unspecified atom stereocenters. The van der Waals surface area contributed by atoms with Gasteiger partial charge in [0.25, 0.3) is 0 Å². The first-order valence-electron chi connectivity index (χ1n) is 6.97. The summed E-state index contributed by atoms with van der Waals surface area (Å²) < 4.78 is 7.16. The topological polar surface area (TPSA) is 44.1 Å². The highest BCUT2D eigenvalue weighted by atomic mass is 16.5. The zero-order valence-electron chi connectivity index (χ0n) is 11.8. The fourth-order valence-corrected chi connectivity index (χ4v) is 1.90. The van der Waals surface area contributed by atoms with E-state index in [9.17, 15) is 4.79 Å². The number of hydrogen-bond acceptors (Lipinski definition) is 3. The summed E-state index contributed by atoms with van der Waals surface area (Å²) in [5, 5.41) is 0. The molecule has 0 aliphatic carbocycles. The fraction of sp³-hybridized carbons (Fsp3) is 0.375. The Balaban J connectivity index is 1.83. The Labute approximate surface area is 119 Å². The van der Waals surface area contributed by atoms with Gasteiger partial charge in [-0.3, -0.25) is 4.79 Å². The van der Waals surface area contributed by atoms with E-state index in [0.29, 0.717) is 13.0 Å². The molecule has 0 radical (unpaired) electrons. The molecule has 0 aliphatic heterocycles. The summed E-state index contributed by atoms with van der Waals surface area (Å²) in [5.74, 6) is -0.152. The van der Waals surface area contributed by atoms with Crippen LogP contribution in [0.2, 0.25) is 0 Å². The van der Waals surface area contributed by atoms with E-state index in [1.165, 1.54) is 5.56 Å². The monoisotopic (exact) mass is 272 g/mol. The van der Waals surface area contributed by atoms with Gasteiger partial charge in [-0.15, -0.1) is 0 Å². The van der Waals surface area contributed by atoms with E-state index >= 15 is 0 Å². The number of esters is 1. The third kappa shape index (κ3) is 4.53. The van der Waals surface area contributed by atoms with Crippen LogP contribution in [0, 0.1) is 0 Å². The molecule has 1 aromatic carbocycles. The second-order valence-electron chi connectivity index (χ2n) is 4.80. The van der Waals surface area contributed by atoms with Crippen LogP contribution in [0.4, 0.5) is 0 Å². The van der Waals surface area contributed by atoms with E-state index in [4.69, 9.17) is 4.74 Å². The largest absolute Gasteiger partial charge is 0.465 e. The van der Waals surface area contributed by atoms with E-state index in [2.05, 4.69) is 11.9 Å². The molecular weight excluding hydrogens is 252 g/mol. The Morgan fingerprint density at radius 1 is 1.25 bits per heavy atom. The van der Waals surface area contributed by atoms with Gasteiger partial charge in [-0.1, -0.05) is 37.6 Å². The van der Waals surface area contributed by atoms with Crippen LogP contribution in [0.1, 0.15) is 30.9 Å². The molecule has 4 heteroatoms. The van der Waals surface area contributed by atoms with Crippen molar-refractivity contribution in [2.75, 3.05) is 6.61 Å². The molecule has 0 N–H and O–H groups in total. The number of carbonyl (C=O) groups is 1. The van der Waals surface area contributed by atoms with Gasteiger partial charge < -0.3 is 9.30 Å². The Kier molecular flexibility index (Phi) is 5.35. The maximum Gasteiger partial charge on any atom is 0.310 e. The van der Waals surface area contributed by atoms with Gasteiger partial charge in [-0.05, 0) is 17.5 Å². The maximum absolute atomic E-state index is 11.6. The van der Waals surface area contributed by atoms with Gasteiger partial charge in [0.05, 0.1) is 19.4 Å². The van der Waals surface area contributed by atoms with Crippen LogP contribution >= 0.6 is 0 Å². The second kappa shape index (κ2) is 7.48. The van der Waals surface area contributed by atoms with Gasteiger partial charge >= 0.3 is 5.97 Å². The van der Waals surface area contributed by atoms with Crippen molar-refractivity contribution in [2.24, 2.45) is 0 Å². The van der Waals surface area contributed by atoms with Gasteiger partial charge in [-0.25, -0.2) is 4.98 Å². The first kappa shape index (κ1) is 14.3. The van der Waals surface area contributed by atoms with Crippen LogP contribution in [0.25, 0.3) is 0 Å². The number of hydrogen-bond donors (Lipinski definition) is 0. The highest BCUT2D eigenvalue weighted by Gasteiger charge is 2.04. The lowest BCUT2D eigenvalue weighted by molar-refractivity contribution is -0.142. The van der Waals surface area contributed by atoms with Crippen LogP contribution in [0.15, 0.2) is 43.0 Å². The summed E-state index contributed by atoms with van der Waals surface area (Å²) in [4.78, 5) is 15.6. The number of imidazole rings is 1. The van der Waals surface area contributed by atoms with E-state index < -0.39 is 0 Å². The molecule has 0 spiro atoms. The first-order chi connectivity index (χ1) is 9.78. The van der Waals surface area contributed by atoms with Gasteiger partial charge in [-0.2, -0.15) is 0 Å². The van der Waals surface area contributed by atoms with Crippen LogP contribution in [-0.4, -0.2) is 22.1 Å². The first-order valence-corrected chi connectivity index (χ1v) is 6.97. The minimum Gasteiger partial charge on any atom is -0.465 e. The SMILES string of the molecule is CCCCOC(=O)Cc1ccc(Cn2ccnc2)cc1. The third-order valence-electron chi connectivity index (χ3n) is 3.06. The molecule has 1 heterocycles. The summed E-state index contributed by atoms with van der Waals surface area (Å²) in [6.07, 6.45) is 7.79. The molecule has 0 aliphatic rings. The molecule has 2 aromatic rings. The standard InChI is InChI=1S/C16H20N2O2/c1-2-3-10-20-16(19)11-14-4-6-15(7-5-14)12-18-9-8-17-13-18/h4-9,13H,2-3,10-12H2,1H3. The Hall–Kier alpha value is -2.10. The summed E-state index contributed by atoms with van der Waals surface area (Å²) in [7, 11) is 0. The quantitative estimate of drug-likeness (QED) is 0.575. The number of benzene rings is 1. The Morgan fingerprint density at radius 2 is 2.00 bits per heavy atom. The van der Waals surface area contributed by atoms with E-state index in [1.54, 1.807) is 12.5 Å². The molecule has 1 aromatic heterocycles. The lowest BCUT2D eigenvalue weighted by Crippen LogP contribution is -2.09. The maximum atomic E-state index is 11.6. The highest BCUT2D eigenvalue weighted by molar-refractivity contribution is 5.72. The number of aromatic nitrogens is 2. The normalized spacial score (nSPS) is 10.4. The van der Waals surface area contributed by atoms with E-state index in [1.807, 2.05) is 35.0 Å². The van der Waals surface area contributed by atoms with Crippen LogP contribution in [-0.2, 0) is 22.5 Å². The van der Waals surface area contributed by atoms with Crippen molar-refractivity contribution >= 4 is 5.97 Å². The van der Waals surface area contributed by atoms with Crippen molar-refractivity contribution in [3.63, 3.8) is 0 Å². The van der Waals surface area contributed by atoms with Crippen molar-refractivity contribution in [2.45, 2.75) is 32.7 Å². The van der Waals surface area contributed by atoms with Crippen LogP contribution < -0.4 is 0 Å². The molecule has 4 nitrogen and oxygen atoms in total. The number of rotatable bonds is 7. The third-order valence-corrected chi connectivity index (χ3v) is 3.06. The predicted molar refractivity (Wildman–Crippen MR) is 77.3 cm³/mol. The Morgan fingerprint density at radius 3 is 2.65 bits per heavy atom. The minimum absolute atomic E-state index is 0.152. The van der Waals surface area contributed by atoms with E-state index in [0.717, 1.165) is 24.9 Å². The molecule has 20 heavy (non-hydrogen) atoms. The fourth-order valence-electron chi connectivity index (χ4n) is 1.90. The van der Waals surface area contributed by atoms with Crippen molar-refractivity contribution in [3.05, 3.63) is 54.1 Å². The summed E-state index contributed by atoms with van der Waals surface area (Å²) in [6, 6.07) is 8.03. The number of unbranched alkanes of at least 4 members (excludes halogenated alkanes) is 1. The zero-order valence-corrected chi connectivity index (χ0v) is 11.8. The number of ether oxygens (including phenoxy) is 1. The zero-order chi connectivity index (χ0) is 14.2. The second-order valence-corrected chi connectivity index (χ2v) is 4.80.